The summed E-state index contributed by atoms with van der Waals surface area (Å²) in [7, 11) is 0. The number of carbonyl (C=O) groups is 3. The molecule has 1 aromatic carbocycles. The standard InChI is InChI=1S/C20H24ClN3O3/c21-15-5-3-14(4-6-15)20(9-1-2-10-20)18(26)23-11-7-16(8-12-23)24-17(25)13-22-19(24)27/h3-6,16H,1-2,7-13H2,(H,22,27). The third-order valence-electron chi connectivity index (χ3n) is 6.26. The van der Waals surface area contributed by atoms with E-state index in [1.807, 2.05) is 29.2 Å². The number of amides is 4. The van der Waals surface area contributed by atoms with E-state index in [0.29, 0.717) is 31.0 Å². The number of benzene rings is 1. The molecule has 1 aromatic rings. The number of hydrogen-bond donors (Lipinski definition) is 1. The van der Waals surface area contributed by atoms with Gasteiger partial charge >= 0.3 is 6.03 Å². The zero-order chi connectivity index (χ0) is 19.0. The Balaban J connectivity index is 1.48. The smallest absolute Gasteiger partial charge is 0.324 e. The van der Waals surface area contributed by atoms with Gasteiger partial charge in [0.1, 0.15) is 0 Å². The molecule has 4 rings (SSSR count). The molecule has 3 aliphatic rings. The molecule has 0 radical (unpaired) electrons. The summed E-state index contributed by atoms with van der Waals surface area (Å²) in [6.45, 7) is 1.24. The summed E-state index contributed by atoms with van der Waals surface area (Å²) in [6.07, 6.45) is 5.10. The van der Waals surface area contributed by atoms with Crippen LogP contribution in [-0.2, 0) is 15.0 Å². The van der Waals surface area contributed by atoms with Gasteiger partial charge in [0.05, 0.1) is 12.0 Å². The highest BCUT2D eigenvalue weighted by Gasteiger charge is 2.46. The van der Waals surface area contributed by atoms with Crippen molar-refractivity contribution in [2.45, 2.75) is 50.0 Å². The highest BCUT2D eigenvalue weighted by Crippen LogP contribution is 2.43. The first-order valence-corrected chi connectivity index (χ1v) is 10.0. The van der Waals surface area contributed by atoms with E-state index in [9.17, 15) is 14.4 Å². The zero-order valence-electron chi connectivity index (χ0n) is 15.2. The summed E-state index contributed by atoms with van der Waals surface area (Å²) in [5.74, 6) is 0.0103. The number of likely N-dealkylation sites (tertiary alicyclic amines) is 1. The van der Waals surface area contributed by atoms with E-state index in [1.54, 1.807) is 0 Å². The minimum Gasteiger partial charge on any atom is -0.342 e. The van der Waals surface area contributed by atoms with E-state index in [0.717, 1.165) is 31.2 Å². The molecule has 0 unspecified atom stereocenters. The van der Waals surface area contributed by atoms with Crippen LogP contribution in [-0.4, -0.2) is 53.3 Å². The second-order valence-corrected chi connectivity index (χ2v) is 8.18. The normalized spacial score (nSPS) is 23.0. The van der Waals surface area contributed by atoms with E-state index >= 15 is 0 Å². The Bertz CT molecular complexity index is 734. The average Bonchev–Trinajstić information content (AvgIpc) is 3.30. The molecule has 2 saturated heterocycles. The van der Waals surface area contributed by atoms with E-state index in [2.05, 4.69) is 5.32 Å². The average molecular weight is 390 g/mol. The number of nitrogens with zero attached hydrogens (tertiary/aromatic N) is 2. The van der Waals surface area contributed by atoms with Crippen molar-refractivity contribution in [2.75, 3.05) is 19.6 Å². The SMILES string of the molecule is O=C1CNC(=O)N1C1CCN(C(=O)C2(c3ccc(Cl)cc3)CCCC2)CC1. The van der Waals surface area contributed by atoms with Gasteiger partial charge in [-0.25, -0.2) is 4.79 Å². The van der Waals surface area contributed by atoms with Crippen molar-refractivity contribution in [3.8, 4) is 0 Å². The lowest BCUT2D eigenvalue weighted by Crippen LogP contribution is -2.53. The van der Waals surface area contributed by atoms with Crippen LogP contribution < -0.4 is 5.32 Å². The van der Waals surface area contributed by atoms with Crippen LogP contribution in [0.15, 0.2) is 24.3 Å². The van der Waals surface area contributed by atoms with E-state index in [-0.39, 0.29) is 30.4 Å². The fourth-order valence-corrected chi connectivity index (χ4v) is 4.93. The van der Waals surface area contributed by atoms with Crippen LogP contribution in [0, 0.1) is 0 Å². The molecule has 7 heteroatoms. The molecular weight excluding hydrogens is 366 g/mol. The molecule has 0 aromatic heterocycles. The Morgan fingerprint density at radius 1 is 1.07 bits per heavy atom. The molecule has 4 amide bonds. The molecular formula is C20H24ClN3O3. The number of imide groups is 1. The van der Waals surface area contributed by atoms with Gasteiger partial charge in [-0.3, -0.25) is 14.5 Å². The Labute approximate surface area is 163 Å². The maximum Gasteiger partial charge on any atom is 0.324 e. The number of nitrogens with one attached hydrogen (secondary N) is 1. The van der Waals surface area contributed by atoms with Gasteiger partial charge in [-0.05, 0) is 43.4 Å². The molecule has 1 saturated carbocycles. The number of hydrogen-bond acceptors (Lipinski definition) is 3. The molecule has 6 nitrogen and oxygen atoms in total. The Morgan fingerprint density at radius 3 is 2.26 bits per heavy atom. The molecule has 2 heterocycles. The van der Waals surface area contributed by atoms with Crippen molar-refractivity contribution in [2.24, 2.45) is 0 Å². The predicted molar refractivity (Wildman–Crippen MR) is 101 cm³/mol. The molecule has 1 N–H and O–H groups in total. The Morgan fingerprint density at radius 2 is 1.70 bits per heavy atom. The lowest BCUT2D eigenvalue weighted by atomic mass is 9.77. The molecule has 3 fully saturated rings. The minimum atomic E-state index is -0.460. The predicted octanol–water partition coefficient (Wildman–Crippen LogP) is 2.69. The van der Waals surface area contributed by atoms with Gasteiger partial charge in [0.15, 0.2) is 0 Å². The molecule has 0 bridgehead atoms. The molecule has 144 valence electrons. The van der Waals surface area contributed by atoms with Crippen LogP contribution in [0.2, 0.25) is 5.02 Å². The maximum atomic E-state index is 13.5. The summed E-state index contributed by atoms with van der Waals surface area (Å²) >= 11 is 6.03. The van der Waals surface area contributed by atoms with Gasteiger partial charge in [-0.2, -0.15) is 0 Å². The van der Waals surface area contributed by atoms with Crippen LogP contribution in [0.3, 0.4) is 0 Å². The molecule has 0 spiro atoms. The third-order valence-corrected chi connectivity index (χ3v) is 6.51. The van der Waals surface area contributed by atoms with E-state index in [4.69, 9.17) is 11.6 Å². The Kier molecular flexibility index (Phi) is 4.84. The Hall–Kier alpha value is -2.08. The second-order valence-electron chi connectivity index (χ2n) is 7.74. The number of halogens is 1. The van der Waals surface area contributed by atoms with Gasteiger partial charge in [-0.15, -0.1) is 0 Å². The van der Waals surface area contributed by atoms with Gasteiger partial charge < -0.3 is 10.2 Å². The van der Waals surface area contributed by atoms with E-state index in [1.165, 1.54) is 4.90 Å². The number of carbonyl (C=O) groups excluding carboxylic acids is 3. The van der Waals surface area contributed by atoms with Crippen molar-refractivity contribution < 1.29 is 14.4 Å². The van der Waals surface area contributed by atoms with Crippen molar-refractivity contribution >= 4 is 29.4 Å². The van der Waals surface area contributed by atoms with Gasteiger partial charge in [0.2, 0.25) is 11.8 Å². The second kappa shape index (κ2) is 7.15. The first-order chi connectivity index (χ1) is 13.0. The fraction of sp³-hybridized carbons (Fsp3) is 0.550. The van der Waals surface area contributed by atoms with E-state index < -0.39 is 5.41 Å². The zero-order valence-corrected chi connectivity index (χ0v) is 16.0. The monoisotopic (exact) mass is 389 g/mol. The van der Waals surface area contributed by atoms with Crippen LogP contribution >= 0.6 is 11.6 Å². The van der Waals surface area contributed by atoms with Gasteiger partial charge in [0, 0.05) is 24.2 Å². The molecule has 27 heavy (non-hydrogen) atoms. The quantitative estimate of drug-likeness (QED) is 0.808. The summed E-state index contributed by atoms with van der Waals surface area (Å²) in [5, 5.41) is 3.25. The highest BCUT2D eigenvalue weighted by atomic mass is 35.5. The van der Waals surface area contributed by atoms with Crippen LogP contribution in [0.4, 0.5) is 4.79 Å². The minimum absolute atomic E-state index is 0.0810. The fourth-order valence-electron chi connectivity index (χ4n) is 4.81. The summed E-state index contributed by atoms with van der Waals surface area (Å²) in [4.78, 5) is 40.6. The molecule has 2 aliphatic heterocycles. The van der Waals surface area contributed by atoms with Crippen LogP contribution in [0.5, 0.6) is 0 Å². The lowest BCUT2D eigenvalue weighted by molar-refractivity contribution is -0.139. The van der Waals surface area contributed by atoms with Crippen molar-refractivity contribution in [3.63, 3.8) is 0 Å². The van der Waals surface area contributed by atoms with Crippen LogP contribution in [0.1, 0.15) is 44.1 Å². The first-order valence-electron chi connectivity index (χ1n) is 9.66. The van der Waals surface area contributed by atoms with Crippen molar-refractivity contribution in [1.29, 1.82) is 0 Å². The number of piperidine rings is 1. The summed E-state index contributed by atoms with van der Waals surface area (Å²) in [6, 6.07) is 7.25. The molecule has 1 aliphatic carbocycles. The first kappa shape index (κ1) is 18.3. The topological polar surface area (TPSA) is 69.7 Å². The van der Waals surface area contributed by atoms with Gasteiger partial charge in [-0.1, -0.05) is 36.6 Å². The maximum absolute atomic E-state index is 13.5. The van der Waals surface area contributed by atoms with Gasteiger partial charge in [0.25, 0.3) is 0 Å². The lowest BCUT2D eigenvalue weighted by Gasteiger charge is -2.40. The number of rotatable bonds is 3. The summed E-state index contributed by atoms with van der Waals surface area (Å²) < 4.78 is 0. The summed E-state index contributed by atoms with van der Waals surface area (Å²) in [5.41, 5.74) is 0.587. The van der Waals surface area contributed by atoms with Crippen molar-refractivity contribution in [3.05, 3.63) is 34.9 Å². The largest absolute Gasteiger partial charge is 0.342 e. The van der Waals surface area contributed by atoms with Crippen molar-refractivity contribution in [1.82, 2.24) is 15.1 Å². The highest BCUT2D eigenvalue weighted by molar-refractivity contribution is 6.30. The van der Waals surface area contributed by atoms with Crippen LogP contribution in [0.25, 0.3) is 0 Å². The third kappa shape index (κ3) is 3.20. The number of urea groups is 1. The molecule has 0 atom stereocenters.